The van der Waals surface area contributed by atoms with Gasteiger partial charge in [-0.25, -0.2) is 19.0 Å². The van der Waals surface area contributed by atoms with Crippen molar-refractivity contribution < 1.29 is 9.13 Å². The molecule has 0 spiro atoms. The van der Waals surface area contributed by atoms with Gasteiger partial charge in [-0.15, -0.1) is 0 Å². The number of halogens is 1. The minimum absolute atomic E-state index is 0.0863. The van der Waals surface area contributed by atoms with Gasteiger partial charge in [0.05, 0.1) is 30.5 Å². The second-order valence-electron chi connectivity index (χ2n) is 9.07. The second kappa shape index (κ2) is 7.24. The summed E-state index contributed by atoms with van der Waals surface area (Å²) in [7, 11) is 0. The van der Waals surface area contributed by atoms with Crippen molar-refractivity contribution in [3.05, 3.63) is 41.3 Å². The lowest BCUT2D eigenvalue weighted by Gasteiger charge is -2.28. The molecule has 1 N–H and O–H groups in total. The lowest BCUT2D eigenvalue weighted by molar-refractivity contribution is 0.0988. The Morgan fingerprint density at radius 1 is 1.16 bits per heavy atom. The summed E-state index contributed by atoms with van der Waals surface area (Å²) in [5, 5.41) is 8.84. The first-order valence-electron chi connectivity index (χ1n) is 11.1. The van der Waals surface area contributed by atoms with Gasteiger partial charge in [-0.3, -0.25) is 0 Å². The number of benzene rings is 1. The predicted octanol–water partition coefficient (Wildman–Crippen LogP) is 2.82. The predicted molar refractivity (Wildman–Crippen MR) is 117 cm³/mol. The number of nitrogens with one attached hydrogen (secondary N) is 1. The van der Waals surface area contributed by atoms with E-state index in [1.807, 2.05) is 23.9 Å². The van der Waals surface area contributed by atoms with Gasteiger partial charge in [0.2, 0.25) is 0 Å². The highest BCUT2D eigenvalue weighted by Gasteiger charge is 2.40. The van der Waals surface area contributed by atoms with Gasteiger partial charge in [0.25, 0.3) is 0 Å². The summed E-state index contributed by atoms with van der Waals surface area (Å²) in [6.07, 6.45) is 3.16. The van der Waals surface area contributed by atoms with E-state index in [0.29, 0.717) is 24.5 Å². The van der Waals surface area contributed by atoms with Gasteiger partial charge < -0.3 is 15.0 Å². The van der Waals surface area contributed by atoms with Crippen molar-refractivity contribution in [3.8, 4) is 5.82 Å². The summed E-state index contributed by atoms with van der Waals surface area (Å²) in [5.74, 6) is 2.31. The molecule has 2 aromatic heterocycles. The molecule has 7 nitrogen and oxygen atoms in total. The average molecular weight is 423 g/mol. The van der Waals surface area contributed by atoms with Crippen molar-refractivity contribution in [2.24, 2.45) is 0 Å². The van der Waals surface area contributed by atoms with Crippen molar-refractivity contribution in [2.45, 2.75) is 50.9 Å². The fourth-order valence-electron chi connectivity index (χ4n) is 5.43. The summed E-state index contributed by atoms with van der Waals surface area (Å²) < 4.78 is 22.3. The summed E-state index contributed by atoms with van der Waals surface area (Å²) in [4.78, 5) is 11.7. The van der Waals surface area contributed by atoms with Gasteiger partial charge in [-0.2, -0.15) is 5.10 Å². The Hall–Kier alpha value is -2.58. The van der Waals surface area contributed by atoms with Crippen LogP contribution in [-0.2, 0) is 4.74 Å². The number of nitrogens with zero attached hydrogens (tertiary/aromatic N) is 5. The average Bonchev–Trinajstić information content (AvgIpc) is 3.49. The Bertz CT molecular complexity index is 1150. The van der Waals surface area contributed by atoms with Crippen molar-refractivity contribution in [3.63, 3.8) is 0 Å². The van der Waals surface area contributed by atoms with E-state index in [2.05, 4.69) is 39.4 Å². The molecular formula is C23H27FN6O. The largest absolute Gasteiger partial charge is 0.374 e. The first-order valence-corrected chi connectivity index (χ1v) is 11.1. The van der Waals surface area contributed by atoms with Crippen LogP contribution in [0.5, 0.6) is 0 Å². The van der Waals surface area contributed by atoms with Gasteiger partial charge in [-0.05, 0) is 56.5 Å². The normalized spacial score (nSPS) is 28.0. The molecule has 31 heavy (non-hydrogen) atoms. The van der Waals surface area contributed by atoms with Gasteiger partial charge in [0.1, 0.15) is 17.8 Å². The zero-order valence-electron chi connectivity index (χ0n) is 17.9. The van der Waals surface area contributed by atoms with E-state index in [9.17, 15) is 4.39 Å². The van der Waals surface area contributed by atoms with E-state index in [1.165, 1.54) is 0 Å². The van der Waals surface area contributed by atoms with E-state index in [4.69, 9.17) is 9.72 Å². The molecule has 2 bridgehead atoms. The van der Waals surface area contributed by atoms with E-state index in [1.54, 1.807) is 0 Å². The molecule has 0 radical (unpaired) electrons. The maximum Gasteiger partial charge on any atom is 0.159 e. The summed E-state index contributed by atoms with van der Waals surface area (Å²) >= 11 is 0. The number of morpholine rings is 1. The van der Waals surface area contributed by atoms with Gasteiger partial charge in [0, 0.05) is 30.5 Å². The van der Waals surface area contributed by atoms with Gasteiger partial charge in [-0.1, -0.05) is 0 Å². The maximum absolute atomic E-state index is 14.7. The van der Waals surface area contributed by atoms with Crippen molar-refractivity contribution >= 4 is 16.7 Å². The first-order chi connectivity index (χ1) is 15.1. The Labute approximate surface area is 180 Å². The lowest BCUT2D eigenvalue weighted by atomic mass is 9.85. The third kappa shape index (κ3) is 3.20. The SMILES string of the molecule is Cc1nc(N2C[C@H]3C[C@@H]2CO3)cc(-n2ncc3cc(C)c(C4CCNCC4F)cc32)n1. The molecule has 6 rings (SSSR count). The zero-order chi connectivity index (χ0) is 21.1. The Balaban J connectivity index is 1.42. The molecule has 0 aliphatic carbocycles. The number of aryl methyl sites for hydroxylation is 2. The quantitative estimate of drug-likeness (QED) is 0.700. The van der Waals surface area contributed by atoms with Crippen LogP contribution in [0.2, 0.25) is 0 Å². The van der Waals surface area contributed by atoms with Crippen molar-refractivity contribution in [2.75, 3.05) is 31.1 Å². The summed E-state index contributed by atoms with van der Waals surface area (Å²) in [6.45, 7) is 6.88. The number of ether oxygens (including phenoxy) is 1. The van der Waals surface area contributed by atoms with Gasteiger partial charge in [0.15, 0.2) is 5.82 Å². The minimum Gasteiger partial charge on any atom is -0.374 e. The Kier molecular flexibility index (Phi) is 4.47. The van der Waals surface area contributed by atoms with E-state index < -0.39 is 6.17 Å². The van der Waals surface area contributed by atoms with Crippen LogP contribution >= 0.6 is 0 Å². The third-order valence-electron chi connectivity index (χ3n) is 6.99. The van der Waals surface area contributed by atoms with Crippen LogP contribution in [0.25, 0.3) is 16.7 Å². The molecular weight excluding hydrogens is 395 g/mol. The molecule has 3 aliphatic heterocycles. The highest BCUT2D eigenvalue weighted by atomic mass is 19.1. The van der Waals surface area contributed by atoms with Crippen molar-refractivity contribution in [1.29, 1.82) is 0 Å². The monoisotopic (exact) mass is 422 g/mol. The highest BCUT2D eigenvalue weighted by molar-refractivity contribution is 5.82. The van der Waals surface area contributed by atoms with Crippen LogP contribution < -0.4 is 10.2 Å². The number of aromatic nitrogens is 4. The van der Waals surface area contributed by atoms with Crippen molar-refractivity contribution in [1.82, 2.24) is 25.1 Å². The standard InChI is InChI=1S/C23H27FN6O/c1-13-5-15-9-26-30(21(15)7-19(13)18-3-4-25-10-20(18)24)23-8-22(27-14(2)28-23)29-11-17-6-16(29)12-31-17/h5,7-9,16-18,20,25H,3-4,6,10-12H2,1-2H3/t16-,17-,18?,20?/m1/s1. The molecule has 3 saturated heterocycles. The van der Waals surface area contributed by atoms with E-state index >= 15 is 0 Å². The molecule has 4 atom stereocenters. The Morgan fingerprint density at radius 3 is 2.81 bits per heavy atom. The number of fused-ring (bicyclic) bond motifs is 3. The number of rotatable bonds is 3. The van der Waals surface area contributed by atoms with Gasteiger partial charge >= 0.3 is 0 Å². The van der Waals surface area contributed by atoms with E-state index in [-0.39, 0.29) is 5.92 Å². The molecule has 1 aromatic carbocycles. The lowest BCUT2D eigenvalue weighted by Crippen LogP contribution is -2.37. The topological polar surface area (TPSA) is 68.1 Å². The van der Waals surface area contributed by atoms with Crippen LogP contribution in [-0.4, -0.2) is 64.3 Å². The minimum atomic E-state index is -0.873. The fourth-order valence-corrected chi connectivity index (χ4v) is 5.43. The summed E-state index contributed by atoms with van der Waals surface area (Å²) in [5.41, 5.74) is 3.15. The molecule has 8 heteroatoms. The zero-order valence-corrected chi connectivity index (χ0v) is 17.9. The molecule has 0 saturated carbocycles. The van der Waals surface area contributed by atoms with Crippen LogP contribution in [0.4, 0.5) is 10.2 Å². The number of piperidine rings is 1. The molecule has 2 unspecified atom stereocenters. The Morgan fingerprint density at radius 2 is 2.03 bits per heavy atom. The smallest absolute Gasteiger partial charge is 0.159 e. The molecule has 0 amide bonds. The highest BCUT2D eigenvalue weighted by Crippen LogP contribution is 2.35. The summed E-state index contributed by atoms with van der Waals surface area (Å²) in [6, 6.07) is 6.64. The molecule has 3 aromatic rings. The van der Waals surface area contributed by atoms with Crippen LogP contribution in [0.15, 0.2) is 24.4 Å². The maximum atomic E-state index is 14.7. The molecule has 3 aliphatic rings. The number of anilines is 1. The van der Waals surface area contributed by atoms with Crippen LogP contribution in [0.3, 0.4) is 0 Å². The fraction of sp³-hybridized carbons (Fsp3) is 0.522. The molecule has 5 heterocycles. The second-order valence-corrected chi connectivity index (χ2v) is 9.07. The number of hydrogen-bond acceptors (Lipinski definition) is 6. The number of alkyl halides is 1. The van der Waals surface area contributed by atoms with Crippen LogP contribution in [0, 0.1) is 13.8 Å². The third-order valence-corrected chi connectivity index (χ3v) is 6.99. The molecule has 162 valence electrons. The van der Waals surface area contributed by atoms with Crippen LogP contribution in [0.1, 0.15) is 35.7 Å². The number of hydrogen-bond donors (Lipinski definition) is 1. The van der Waals surface area contributed by atoms with E-state index in [0.717, 1.165) is 66.2 Å². The first kappa shape index (κ1) is 19.1. The molecule has 3 fully saturated rings.